The second-order valence-electron chi connectivity index (χ2n) is 9.63. The lowest BCUT2D eigenvalue weighted by atomic mass is 9.95. The fraction of sp³-hybridized carbons (Fsp3) is 0.167. The van der Waals surface area contributed by atoms with Gasteiger partial charge in [-0.05, 0) is 60.0 Å². The van der Waals surface area contributed by atoms with Crippen LogP contribution in [0.2, 0.25) is 0 Å². The van der Waals surface area contributed by atoms with Crippen LogP contribution < -0.4 is 5.32 Å². The molecule has 208 valence electrons. The Morgan fingerprint density at radius 3 is 2.10 bits per heavy atom. The summed E-state index contributed by atoms with van der Waals surface area (Å²) in [4.78, 5) is 29.8. The Bertz CT molecular complexity index is 1700. The van der Waals surface area contributed by atoms with Gasteiger partial charge in [-0.2, -0.15) is 13.2 Å². The third-order valence-corrected chi connectivity index (χ3v) is 6.54. The predicted molar refractivity (Wildman–Crippen MR) is 147 cm³/mol. The number of hydrogen-bond donors (Lipinski definition) is 1. The molecule has 7 nitrogen and oxygen atoms in total. The number of alkyl halides is 3. The Morgan fingerprint density at radius 2 is 1.49 bits per heavy atom. The Morgan fingerprint density at radius 1 is 0.854 bits per heavy atom. The molecular weight excluding hydrogens is 536 g/mol. The van der Waals surface area contributed by atoms with Crippen LogP contribution in [0.5, 0.6) is 0 Å². The Kier molecular flexibility index (Phi) is 7.36. The van der Waals surface area contributed by atoms with Crippen LogP contribution in [0.25, 0.3) is 33.2 Å². The molecule has 0 unspecified atom stereocenters. The summed E-state index contributed by atoms with van der Waals surface area (Å²) in [5.74, 6) is -1.27. The molecule has 41 heavy (non-hydrogen) atoms. The van der Waals surface area contributed by atoms with E-state index in [1.54, 1.807) is 45.3 Å². The van der Waals surface area contributed by atoms with Crippen molar-refractivity contribution in [3.63, 3.8) is 0 Å². The largest absolute Gasteiger partial charge is 0.451 e. The zero-order valence-corrected chi connectivity index (χ0v) is 22.2. The number of carbonyl (C=O) groups is 1. The zero-order chi connectivity index (χ0) is 29.3. The number of nitrogens with zero attached hydrogens (tertiary/aromatic N) is 5. The standard InChI is InChI=1S/C30H24F4N6O/c1-17(22-14-35-29(36-15-22)30(32,33)34)39-27-25-13-21(18-8-10-23(31)11-9-18)12-24(26(25)37-16-38-27)19-4-6-20(7-5-19)28(41)40(2)3/h4-17H,1-3H3,(H,37,38,39)/t17-/m1/s1. The number of carbonyl (C=O) groups excluding carboxylic acids is 1. The van der Waals surface area contributed by atoms with Crippen molar-refractivity contribution in [1.29, 1.82) is 0 Å². The molecule has 1 atom stereocenters. The number of fused-ring (bicyclic) bond motifs is 1. The summed E-state index contributed by atoms with van der Waals surface area (Å²) in [6.07, 6.45) is -0.986. The first-order valence-corrected chi connectivity index (χ1v) is 12.5. The minimum Gasteiger partial charge on any atom is -0.363 e. The topological polar surface area (TPSA) is 83.9 Å². The van der Waals surface area contributed by atoms with Gasteiger partial charge in [0.1, 0.15) is 18.0 Å². The summed E-state index contributed by atoms with van der Waals surface area (Å²) >= 11 is 0. The van der Waals surface area contributed by atoms with Gasteiger partial charge < -0.3 is 10.2 Å². The molecule has 0 saturated carbocycles. The highest BCUT2D eigenvalue weighted by Crippen LogP contribution is 2.36. The number of benzene rings is 3. The highest BCUT2D eigenvalue weighted by molar-refractivity contribution is 6.03. The molecule has 0 spiro atoms. The molecule has 0 bridgehead atoms. The molecule has 0 radical (unpaired) electrons. The lowest BCUT2D eigenvalue weighted by Crippen LogP contribution is -2.21. The lowest BCUT2D eigenvalue weighted by molar-refractivity contribution is -0.145. The molecule has 5 rings (SSSR count). The van der Waals surface area contributed by atoms with Gasteiger partial charge in [0, 0.05) is 48.6 Å². The van der Waals surface area contributed by atoms with Gasteiger partial charge in [-0.1, -0.05) is 24.3 Å². The Hall–Kier alpha value is -4.93. The van der Waals surface area contributed by atoms with E-state index in [1.807, 2.05) is 24.3 Å². The number of rotatable bonds is 6. The molecular formula is C30H24F4N6O. The minimum atomic E-state index is -4.64. The fourth-order valence-corrected chi connectivity index (χ4v) is 4.36. The highest BCUT2D eigenvalue weighted by atomic mass is 19.4. The summed E-state index contributed by atoms with van der Waals surface area (Å²) in [5.41, 5.74) is 4.64. The molecule has 2 aromatic heterocycles. The van der Waals surface area contributed by atoms with E-state index in [9.17, 15) is 22.4 Å². The number of anilines is 1. The summed E-state index contributed by atoms with van der Waals surface area (Å²) in [5, 5.41) is 3.88. The molecule has 0 aliphatic heterocycles. The molecule has 0 aliphatic carbocycles. The molecule has 0 fully saturated rings. The predicted octanol–water partition coefficient (Wildman–Crippen LogP) is 6.79. The van der Waals surface area contributed by atoms with Gasteiger partial charge in [-0.3, -0.25) is 4.79 Å². The molecule has 5 aromatic rings. The van der Waals surface area contributed by atoms with E-state index in [1.165, 1.54) is 23.4 Å². The smallest absolute Gasteiger partial charge is 0.363 e. The molecule has 2 heterocycles. The fourth-order valence-electron chi connectivity index (χ4n) is 4.36. The average Bonchev–Trinajstić information content (AvgIpc) is 2.96. The van der Waals surface area contributed by atoms with Crippen molar-refractivity contribution in [3.8, 4) is 22.3 Å². The Labute approximate surface area is 232 Å². The van der Waals surface area contributed by atoms with Crippen molar-refractivity contribution < 1.29 is 22.4 Å². The van der Waals surface area contributed by atoms with E-state index >= 15 is 0 Å². The third kappa shape index (κ3) is 5.84. The van der Waals surface area contributed by atoms with Crippen LogP contribution in [-0.4, -0.2) is 44.8 Å². The van der Waals surface area contributed by atoms with Crippen LogP contribution in [0.1, 0.15) is 34.7 Å². The van der Waals surface area contributed by atoms with Crippen LogP contribution >= 0.6 is 0 Å². The van der Waals surface area contributed by atoms with Gasteiger partial charge in [0.25, 0.3) is 5.91 Å². The zero-order valence-electron chi connectivity index (χ0n) is 22.2. The summed E-state index contributed by atoms with van der Waals surface area (Å²) in [6, 6.07) is 16.5. The molecule has 0 saturated heterocycles. The van der Waals surface area contributed by atoms with E-state index in [4.69, 9.17) is 0 Å². The lowest BCUT2D eigenvalue weighted by Gasteiger charge is -2.18. The number of hydrogen-bond acceptors (Lipinski definition) is 6. The maximum absolute atomic E-state index is 13.7. The number of aromatic nitrogens is 4. The number of nitrogens with one attached hydrogen (secondary N) is 1. The van der Waals surface area contributed by atoms with Gasteiger partial charge in [0.15, 0.2) is 0 Å². The van der Waals surface area contributed by atoms with E-state index < -0.39 is 18.0 Å². The van der Waals surface area contributed by atoms with E-state index in [0.29, 0.717) is 27.8 Å². The molecule has 1 N–H and O–H groups in total. The number of amides is 1. The maximum Gasteiger partial charge on any atom is 0.451 e. The van der Waals surface area contributed by atoms with Crippen LogP contribution in [0, 0.1) is 5.82 Å². The van der Waals surface area contributed by atoms with Gasteiger partial charge in [-0.15, -0.1) is 0 Å². The monoisotopic (exact) mass is 560 g/mol. The van der Waals surface area contributed by atoms with Crippen LogP contribution in [0.4, 0.5) is 23.4 Å². The normalized spacial score (nSPS) is 12.3. The van der Waals surface area contributed by atoms with Crippen molar-refractivity contribution in [2.75, 3.05) is 19.4 Å². The quantitative estimate of drug-likeness (QED) is 0.230. The Balaban J connectivity index is 1.60. The van der Waals surface area contributed by atoms with Gasteiger partial charge in [0.2, 0.25) is 5.82 Å². The molecule has 3 aromatic carbocycles. The maximum atomic E-state index is 13.7. The van der Waals surface area contributed by atoms with Crippen molar-refractivity contribution >= 4 is 22.6 Å². The first-order valence-electron chi connectivity index (χ1n) is 12.5. The van der Waals surface area contributed by atoms with E-state index in [2.05, 4.69) is 25.3 Å². The molecule has 11 heteroatoms. The summed E-state index contributed by atoms with van der Waals surface area (Å²) in [7, 11) is 3.36. The first kappa shape index (κ1) is 27.6. The van der Waals surface area contributed by atoms with Crippen LogP contribution in [-0.2, 0) is 6.18 Å². The van der Waals surface area contributed by atoms with Crippen LogP contribution in [0.15, 0.2) is 79.4 Å². The average molecular weight is 561 g/mol. The van der Waals surface area contributed by atoms with E-state index in [-0.39, 0.29) is 11.7 Å². The second-order valence-corrected chi connectivity index (χ2v) is 9.63. The summed E-state index contributed by atoms with van der Waals surface area (Å²) < 4.78 is 52.4. The van der Waals surface area contributed by atoms with Crippen molar-refractivity contribution in [1.82, 2.24) is 24.8 Å². The van der Waals surface area contributed by atoms with Gasteiger partial charge in [-0.25, -0.2) is 24.3 Å². The second kappa shape index (κ2) is 10.9. The molecule has 1 amide bonds. The summed E-state index contributed by atoms with van der Waals surface area (Å²) in [6.45, 7) is 1.76. The van der Waals surface area contributed by atoms with Crippen molar-refractivity contribution in [2.24, 2.45) is 0 Å². The minimum absolute atomic E-state index is 0.128. The number of halogens is 4. The van der Waals surface area contributed by atoms with Gasteiger partial charge >= 0.3 is 6.18 Å². The first-order chi connectivity index (χ1) is 19.5. The van der Waals surface area contributed by atoms with E-state index in [0.717, 1.165) is 34.6 Å². The van der Waals surface area contributed by atoms with Crippen LogP contribution in [0.3, 0.4) is 0 Å². The third-order valence-electron chi connectivity index (χ3n) is 6.54. The highest BCUT2D eigenvalue weighted by Gasteiger charge is 2.34. The van der Waals surface area contributed by atoms with Crippen molar-refractivity contribution in [2.45, 2.75) is 19.1 Å². The molecule has 0 aliphatic rings. The van der Waals surface area contributed by atoms with Gasteiger partial charge in [0.05, 0.1) is 11.6 Å². The SMILES string of the molecule is C[C@@H](Nc1ncnc2c(-c3ccc(C(=O)N(C)C)cc3)cc(-c3ccc(F)cc3)cc12)c1cnc(C(F)(F)F)nc1. The van der Waals surface area contributed by atoms with Crippen molar-refractivity contribution in [3.05, 3.63) is 102 Å².